The van der Waals surface area contributed by atoms with Crippen LogP contribution in [0.5, 0.6) is 0 Å². The van der Waals surface area contributed by atoms with Gasteiger partial charge in [0.05, 0.1) is 31.5 Å². The first kappa shape index (κ1) is 22.0. The molecule has 2 aliphatic rings. The highest BCUT2D eigenvalue weighted by atomic mass is 16.5. The molecule has 5 heterocycles. The maximum Gasteiger partial charge on any atom is 0.277 e. The number of morpholine rings is 1. The highest BCUT2D eigenvalue weighted by molar-refractivity contribution is 6.07. The second kappa shape index (κ2) is 9.61. The van der Waals surface area contributed by atoms with Gasteiger partial charge in [-0.3, -0.25) is 14.3 Å². The molecule has 0 unspecified atom stereocenters. The SMILES string of the molecule is NC(=O)c1nn(C[C@@H]2CCCO2)cc1NC(=O)c1coc(-c2ccnc(N3CCOCC3)c2)n1. The third-order valence-corrected chi connectivity index (χ3v) is 5.72. The van der Waals surface area contributed by atoms with E-state index in [0.717, 1.165) is 31.7 Å². The fraction of sp³-hybridized carbons (Fsp3) is 0.409. The predicted octanol–water partition coefficient (Wildman–Crippen LogP) is 1.30. The van der Waals surface area contributed by atoms with Crippen LogP contribution in [0.1, 0.15) is 33.8 Å². The molecule has 0 aliphatic carbocycles. The molecule has 178 valence electrons. The lowest BCUT2D eigenvalue weighted by atomic mass is 10.2. The number of primary amides is 1. The Kier molecular flexibility index (Phi) is 6.23. The van der Waals surface area contributed by atoms with Crippen molar-refractivity contribution in [2.24, 2.45) is 5.73 Å². The van der Waals surface area contributed by atoms with Gasteiger partial charge < -0.3 is 29.8 Å². The topological polar surface area (TPSA) is 151 Å². The monoisotopic (exact) mass is 467 g/mol. The molecule has 0 aromatic carbocycles. The summed E-state index contributed by atoms with van der Waals surface area (Å²) in [5, 5.41) is 6.87. The first-order valence-corrected chi connectivity index (χ1v) is 11.1. The molecule has 12 heteroatoms. The van der Waals surface area contributed by atoms with Crippen molar-refractivity contribution >= 4 is 23.3 Å². The molecular weight excluding hydrogens is 442 g/mol. The number of amides is 2. The maximum atomic E-state index is 12.8. The number of aromatic nitrogens is 4. The van der Waals surface area contributed by atoms with Gasteiger partial charge in [0.1, 0.15) is 12.1 Å². The lowest BCUT2D eigenvalue weighted by Gasteiger charge is -2.27. The predicted molar refractivity (Wildman–Crippen MR) is 120 cm³/mol. The van der Waals surface area contributed by atoms with E-state index in [1.165, 1.54) is 6.26 Å². The zero-order chi connectivity index (χ0) is 23.5. The summed E-state index contributed by atoms with van der Waals surface area (Å²) in [7, 11) is 0. The van der Waals surface area contributed by atoms with Crippen molar-refractivity contribution in [2.75, 3.05) is 43.1 Å². The molecule has 5 rings (SSSR count). The molecule has 0 spiro atoms. The Morgan fingerprint density at radius 3 is 2.85 bits per heavy atom. The Balaban J connectivity index is 1.31. The summed E-state index contributed by atoms with van der Waals surface area (Å²) < 4.78 is 18.1. The Morgan fingerprint density at radius 2 is 2.09 bits per heavy atom. The summed E-state index contributed by atoms with van der Waals surface area (Å²) in [6.07, 6.45) is 6.42. The van der Waals surface area contributed by atoms with Crippen LogP contribution in [-0.2, 0) is 16.0 Å². The van der Waals surface area contributed by atoms with Crippen molar-refractivity contribution in [1.82, 2.24) is 19.7 Å². The van der Waals surface area contributed by atoms with Gasteiger partial charge in [-0.1, -0.05) is 0 Å². The quantitative estimate of drug-likeness (QED) is 0.524. The summed E-state index contributed by atoms with van der Waals surface area (Å²) in [4.78, 5) is 35.5. The number of carbonyl (C=O) groups is 2. The second-order valence-corrected chi connectivity index (χ2v) is 8.11. The average Bonchev–Trinajstić information content (AvgIpc) is 3.61. The van der Waals surface area contributed by atoms with Crippen molar-refractivity contribution in [3.63, 3.8) is 0 Å². The summed E-state index contributed by atoms with van der Waals surface area (Å²) in [6.45, 7) is 3.96. The van der Waals surface area contributed by atoms with E-state index in [4.69, 9.17) is 19.6 Å². The molecule has 1 atom stereocenters. The van der Waals surface area contributed by atoms with Crippen molar-refractivity contribution in [3.05, 3.63) is 42.2 Å². The lowest BCUT2D eigenvalue weighted by Crippen LogP contribution is -2.36. The molecule has 2 saturated heterocycles. The van der Waals surface area contributed by atoms with Gasteiger partial charge in [-0.05, 0) is 25.0 Å². The number of nitrogens with one attached hydrogen (secondary N) is 1. The largest absolute Gasteiger partial charge is 0.444 e. The van der Waals surface area contributed by atoms with Gasteiger partial charge in [0.15, 0.2) is 11.4 Å². The van der Waals surface area contributed by atoms with Crippen LogP contribution in [-0.4, -0.2) is 70.6 Å². The Morgan fingerprint density at radius 1 is 1.24 bits per heavy atom. The smallest absolute Gasteiger partial charge is 0.277 e. The Bertz CT molecular complexity index is 1180. The van der Waals surface area contributed by atoms with Crippen LogP contribution in [0.3, 0.4) is 0 Å². The highest BCUT2D eigenvalue weighted by Crippen LogP contribution is 2.24. The summed E-state index contributed by atoms with van der Waals surface area (Å²) in [6, 6.07) is 3.62. The molecule has 3 N–H and O–H groups in total. The van der Waals surface area contributed by atoms with E-state index < -0.39 is 11.8 Å². The molecule has 2 fully saturated rings. The van der Waals surface area contributed by atoms with E-state index in [-0.39, 0.29) is 29.1 Å². The van der Waals surface area contributed by atoms with E-state index in [1.807, 2.05) is 6.07 Å². The molecule has 0 saturated carbocycles. The minimum Gasteiger partial charge on any atom is -0.444 e. The lowest BCUT2D eigenvalue weighted by molar-refractivity contribution is 0.0927. The van der Waals surface area contributed by atoms with Gasteiger partial charge in [0.25, 0.3) is 11.8 Å². The second-order valence-electron chi connectivity index (χ2n) is 8.11. The Labute approximate surface area is 195 Å². The zero-order valence-corrected chi connectivity index (χ0v) is 18.5. The molecule has 34 heavy (non-hydrogen) atoms. The summed E-state index contributed by atoms with van der Waals surface area (Å²) in [5.41, 5.74) is 6.39. The molecule has 2 amide bonds. The number of anilines is 2. The number of nitrogens with zero attached hydrogens (tertiary/aromatic N) is 5. The first-order valence-electron chi connectivity index (χ1n) is 11.1. The maximum absolute atomic E-state index is 12.8. The van der Waals surface area contributed by atoms with Crippen LogP contribution in [0.15, 0.2) is 35.2 Å². The van der Waals surface area contributed by atoms with E-state index >= 15 is 0 Å². The fourth-order valence-corrected chi connectivity index (χ4v) is 4.00. The molecule has 0 radical (unpaired) electrons. The minimum absolute atomic E-state index is 0.0185. The van der Waals surface area contributed by atoms with Gasteiger partial charge in [0, 0.05) is 37.7 Å². The highest BCUT2D eigenvalue weighted by Gasteiger charge is 2.22. The van der Waals surface area contributed by atoms with Crippen LogP contribution >= 0.6 is 0 Å². The number of hydrogen-bond donors (Lipinski definition) is 2. The van der Waals surface area contributed by atoms with Crippen LogP contribution in [0.4, 0.5) is 11.5 Å². The van der Waals surface area contributed by atoms with E-state index in [1.54, 1.807) is 23.1 Å². The number of oxazole rings is 1. The van der Waals surface area contributed by atoms with Crippen LogP contribution in [0.2, 0.25) is 0 Å². The molecule has 2 aliphatic heterocycles. The summed E-state index contributed by atoms with van der Waals surface area (Å²) in [5.74, 6) is -0.215. The van der Waals surface area contributed by atoms with Gasteiger partial charge in [-0.25, -0.2) is 9.97 Å². The van der Waals surface area contributed by atoms with Crippen molar-refractivity contribution in [1.29, 1.82) is 0 Å². The normalized spacial score (nSPS) is 18.2. The number of ether oxygens (including phenoxy) is 2. The van der Waals surface area contributed by atoms with Gasteiger partial charge in [-0.15, -0.1) is 0 Å². The zero-order valence-electron chi connectivity index (χ0n) is 18.5. The molecule has 3 aromatic rings. The fourth-order valence-electron chi connectivity index (χ4n) is 4.00. The first-order chi connectivity index (χ1) is 16.6. The number of rotatable bonds is 7. The number of carbonyl (C=O) groups excluding carboxylic acids is 2. The van der Waals surface area contributed by atoms with Gasteiger partial charge >= 0.3 is 0 Å². The molecular formula is C22H25N7O5. The van der Waals surface area contributed by atoms with Crippen LogP contribution in [0, 0.1) is 0 Å². The average molecular weight is 467 g/mol. The van der Waals surface area contributed by atoms with E-state index in [2.05, 4.69) is 25.3 Å². The van der Waals surface area contributed by atoms with Crippen LogP contribution < -0.4 is 16.0 Å². The summed E-state index contributed by atoms with van der Waals surface area (Å²) >= 11 is 0. The van der Waals surface area contributed by atoms with Gasteiger partial charge in [-0.2, -0.15) is 5.10 Å². The molecule has 0 bridgehead atoms. The number of pyridine rings is 1. The molecule has 3 aromatic heterocycles. The third kappa shape index (κ3) is 4.77. The number of nitrogens with two attached hydrogens (primary N) is 1. The third-order valence-electron chi connectivity index (χ3n) is 5.72. The van der Waals surface area contributed by atoms with Crippen molar-refractivity contribution in [3.8, 4) is 11.5 Å². The van der Waals surface area contributed by atoms with Gasteiger partial charge in [0.2, 0.25) is 5.89 Å². The van der Waals surface area contributed by atoms with E-state index in [9.17, 15) is 9.59 Å². The standard InChI is InChI=1S/C22H25N7O5/c23-20(30)19-16(12-29(27-19)11-15-2-1-7-33-15)25-21(31)17-13-34-22(26-17)14-3-4-24-18(10-14)28-5-8-32-9-6-28/h3-4,10,12-13,15H,1-2,5-9,11H2,(H2,23,30)(H,25,31)/t15-/m0/s1. The number of hydrogen-bond acceptors (Lipinski definition) is 9. The Hall–Kier alpha value is -3.77. The minimum atomic E-state index is -0.741. The molecule has 12 nitrogen and oxygen atoms in total. The van der Waals surface area contributed by atoms with Crippen LogP contribution in [0.25, 0.3) is 11.5 Å². The van der Waals surface area contributed by atoms with Crippen molar-refractivity contribution in [2.45, 2.75) is 25.5 Å². The van der Waals surface area contributed by atoms with Crippen molar-refractivity contribution < 1.29 is 23.5 Å². The van der Waals surface area contributed by atoms with E-state index in [0.29, 0.717) is 31.9 Å².